The molecule has 0 bridgehead atoms. The minimum Gasteiger partial charge on any atom is -0.330 e. The van der Waals surface area contributed by atoms with Crippen molar-refractivity contribution in [2.75, 3.05) is 6.54 Å². The molecule has 2 rings (SSSR count). The Morgan fingerprint density at radius 3 is 2.05 bits per heavy atom. The summed E-state index contributed by atoms with van der Waals surface area (Å²) in [5.41, 5.74) is 8.16. The highest BCUT2D eigenvalue weighted by atomic mass is 35.5. The summed E-state index contributed by atoms with van der Waals surface area (Å²) in [4.78, 5) is 0. The van der Waals surface area contributed by atoms with Gasteiger partial charge in [0.1, 0.15) is 0 Å². The highest BCUT2D eigenvalue weighted by Gasteiger charge is 2.23. The van der Waals surface area contributed by atoms with Gasteiger partial charge in [-0.1, -0.05) is 66.5 Å². The molecule has 1 nitrogen and oxygen atoms in total. The molecule has 0 radical (unpaired) electrons. The van der Waals surface area contributed by atoms with Gasteiger partial charge in [0.15, 0.2) is 0 Å². The van der Waals surface area contributed by atoms with Gasteiger partial charge in [-0.2, -0.15) is 0 Å². The SMILES string of the molecule is CC(c1ccccc1)C(CN)c1c(Cl)cccc1Cl. The zero-order chi connectivity index (χ0) is 13.8. The van der Waals surface area contributed by atoms with E-state index in [1.165, 1.54) is 5.56 Å². The van der Waals surface area contributed by atoms with Crippen molar-refractivity contribution in [1.29, 1.82) is 0 Å². The number of rotatable bonds is 4. The van der Waals surface area contributed by atoms with Gasteiger partial charge in [-0.25, -0.2) is 0 Å². The van der Waals surface area contributed by atoms with Crippen LogP contribution in [-0.4, -0.2) is 6.54 Å². The Morgan fingerprint density at radius 1 is 0.947 bits per heavy atom. The summed E-state index contributed by atoms with van der Waals surface area (Å²) in [6.07, 6.45) is 0. The van der Waals surface area contributed by atoms with Gasteiger partial charge in [0.05, 0.1) is 0 Å². The Bertz CT molecular complexity index is 519. The van der Waals surface area contributed by atoms with Gasteiger partial charge in [0.25, 0.3) is 0 Å². The van der Waals surface area contributed by atoms with E-state index in [4.69, 9.17) is 28.9 Å². The van der Waals surface area contributed by atoms with Crippen molar-refractivity contribution in [3.05, 3.63) is 69.7 Å². The molecular formula is C16H17Cl2N. The first kappa shape index (κ1) is 14.4. The quantitative estimate of drug-likeness (QED) is 0.858. The molecule has 3 heteroatoms. The summed E-state index contributed by atoms with van der Waals surface area (Å²) >= 11 is 12.6. The highest BCUT2D eigenvalue weighted by molar-refractivity contribution is 6.36. The summed E-state index contributed by atoms with van der Waals surface area (Å²) in [5.74, 6) is 0.382. The van der Waals surface area contributed by atoms with E-state index in [1.807, 2.05) is 36.4 Å². The summed E-state index contributed by atoms with van der Waals surface area (Å²) < 4.78 is 0. The first-order chi connectivity index (χ1) is 9.15. The average molecular weight is 294 g/mol. The average Bonchev–Trinajstić information content (AvgIpc) is 2.43. The molecule has 2 N–H and O–H groups in total. The maximum absolute atomic E-state index is 6.29. The van der Waals surface area contributed by atoms with E-state index < -0.39 is 0 Å². The lowest BCUT2D eigenvalue weighted by Crippen LogP contribution is -2.19. The zero-order valence-electron chi connectivity index (χ0n) is 10.8. The van der Waals surface area contributed by atoms with E-state index >= 15 is 0 Å². The van der Waals surface area contributed by atoms with Crippen LogP contribution in [0.25, 0.3) is 0 Å². The highest BCUT2D eigenvalue weighted by Crippen LogP contribution is 2.39. The van der Waals surface area contributed by atoms with Crippen molar-refractivity contribution in [1.82, 2.24) is 0 Å². The lowest BCUT2D eigenvalue weighted by Gasteiger charge is -2.25. The van der Waals surface area contributed by atoms with Crippen LogP contribution < -0.4 is 5.73 Å². The van der Waals surface area contributed by atoms with E-state index in [0.29, 0.717) is 16.6 Å². The molecule has 0 aliphatic heterocycles. The van der Waals surface area contributed by atoms with Crippen LogP contribution in [0.5, 0.6) is 0 Å². The standard InChI is InChI=1S/C16H17Cl2N/c1-11(12-6-3-2-4-7-12)13(10-19)16-14(17)8-5-9-15(16)18/h2-9,11,13H,10,19H2,1H3. The first-order valence-corrected chi connectivity index (χ1v) is 7.09. The van der Waals surface area contributed by atoms with Crippen LogP contribution in [0.1, 0.15) is 29.9 Å². The normalized spacial score (nSPS) is 14.1. The first-order valence-electron chi connectivity index (χ1n) is 6.34. The molecule has 0 fully saturated rings. The molecule has 0 heterocycles. The Morgan fingerprint density at radius 2 is 1.53 bits per heavy atom. The Labute approximate surface area is 124 Å². The molecule has 0 amide bonds. The number of halogens is 2. The van der Waals surface area contributed by atoms with Crippen LogP contribution in [0.3, 0.4) is 0 Å². The largest absolute Gasteiger partial charge is 0.330 e. The van der Waals surface area contributed by atoms with E-state index in [9.17, 15) is 0 Å². The molecule has 0 saturated heterocycles. The molecule has 0 spiro atoms. The minimum atomic E-state index is 0.114. The fourth-order valence-electron chi connectivity index (χ4n) is 2.43. The van der Waals surface area contributed by atoms with Gasteiger partial charge in [-0.05, 0) is 35.7 Å². The fraction of sp³-hybridized carbons (Fsp3) is 0.250. The van der Waals surface area contributed by atoms with Crippen LogP contribution in [0, 0.1) is 0 Å². The maximum atomic E-state index is 6.29. The van der Waals surface area contributed by atoms with Gasteiger partial charge in [-0.15, -0.1) is 0 Å². The smallest absolute Gasteiger partial charge is 0.0456 e. The summed E-state index contributed by atoms with van der Waals surface area (Å²) in [6.45, 7) is 2.67. The predicted molar refractivity (Wildman–Crippen MR) is 83.1 cm³/mol. The fourth-order valence-corrected chi connectivity index (χ4v) is 3.10. The van der Waals surface area contributed by atoms with Crippen molar-refractivity contribution in [3.63, 3.8) is 0 Å². The molecule has 2 aromatic carbocycles. The van der Waals surface area contributed by atoms with Crippen molar-refractivity contribution in [2.24, 2.45) is 5.73 Å². The van der Waals surface area contributed by atoms with Crippen molar-refractivity contribution in [2.45, 2.75) is 18.8 Å². The molecular weight excluding hydrogens is 277 g/mol. The lowest BCUT2D eigenvalue weighted by molar-refractivity contribution is 0.585. The Balaban J connectivity index is 2.40. The van der Waals surface area contributed by atoms with E-state index in [0.717, 1.165) is 5.56 Å². The van der Waals surface area contributed by atoms with E-state index in [1.54, 1.807) is 0 Å². The molecule has 0 aromatic heterocycles. The van der Waals surface area contributed by atoms with Crippen molar-refractivity contribution < 1.29 is 0 Å². The molecule has 0 aliphatic rings. The molecule has 2 atom stereocenters. The van der Waals surface area contributed by atoms with Crippen LogP contribution in [-0.2, 0) is 0 Å². The van der Waals surface area contributed by atoms with Gasteiger partial charge in [0.2, 0.25) is 0 Å². The number of hydrogen-bond donors (Lipinski definition) is 1. The van der Waals surface area contributed by atoms with Crippen LogP contribution in [0.2, 0.25) is 10.0 Å². The second kappa shape index (κ2) is 6.42. The van der Waals surface area contributed by atoms with Crippen LogP contribution in [0.15, 0.2) is 48.5 Å². The third-order valence-electron chi connectivity index (χ3n) is 3.55. The molecule has 2 unspecified atom stereocenters. The van der Waals surface area contributed by atoms with Gasteiger partial charge in [0, 0.05) is 16.0 Å². The van der Waals surface area contributed by atoms with Crippen LogP contribution >= 0.6 is 23.2 Å². The predicted octanol–water partition coefficient (Wildman–Crippen LogP) is 4.84. The Hall–Kier alpha value is -1.02. The van der Waals surface area contributed by atoms with E-state index in [2.05, 4.69) is 19.1 Å². The van der Waals surface area contributed by atoms with Crippen molar-refractivity contribution in [3.8, 4) is 0 Å². The summed E-state index contributed by atoms with van der Waals surface area (Å²) in [6, 6.07) is 15.9. The molecule has 19 heavy (non-hydrogen) atoms. The third kappa shape index (κ3) is 3.11. The topological polar surface area (TPSA) is 26.0 Å². The number of nitrogens with two attached hydrogens (primary N) is 1. The molecule has 0 saturated carbocycles. The van der Waals surface area contributed by atoms with E-state index in [-0.39, 0.29) is 11.8 Å². The second-order valence-electron chi connectivity index (χ2n) is 4.68. The van der Waals surface area contributed by atoms with Crippen molar-refractivity contribution >= 4 is 23.2 Å². The maximum Gasteiger partial charge on any atom is 0.0456 e. The number of benzene rings is 2. The monoisotopic (exact) mass is 293 g/mol. The van der Waals surface area contributed by atoms with Gasteiger partial charge >= 0.3 is 0 Å². The third-order valence-corrected chi connectivity index (χ3v) is 4.21. The van der Waals surface area contributed by atoms with Gasteiger partial charge < -0.3 is 5.73 Å². The lowest BCUT2D eigenvalue weighted by atomic mass is 9.82. The minimum absolute atomic E-state index is 0.114. The molecule has 2 aromatic rings. The second-order valence-corrected chi connectivity index (χ2v) is 5.49. The molecule has 100 valence electrons. The summed E-state index contributed by atoms with van der Waals surface area (Å²) in [7, 11) is 0. The summed E-state index contributed by atoms with van der Waals surface area (Å²) in [5, 5.41) is 1.37. The van der Waals surface area contributed by atoms with Gasteiger partial charge in [-0.3, -0.25) is 0 Å². The number of hydrogen-bond acceptors (Lipinski definition) is 1. The molecule has 0 aliphatic carbocycles. The van der Waals surface area contributed by atoms with Crippen LogP contribution in [0.4, 0.5) is 0 Å². The Kier molecular flexibility index (Phi) is 4.87. The zero-order valence-corrected chi connectivity index (χ0v) is 12.3.